The lowest BCUT2D eigenvalue weighted by atomic mass is 9.97. The Hall–Kier alpha value is -1.55. The molecule has 0 N–H and O–H groups in total. The van der Waals surface area contributed by atoms with E-state index in [1.165, 1.54) is 14.2 Å². The summed E-state index contributed by atoms with van der Waals surface area (Å²) in [5.41, 5.74) is 2.08. The van der Waals surface area contributed by atoms with Crippen molar-refractivity contribution in [2.24, 2.45) is 0 Å². The number of ether oxygens (including phenoxy) is 2. The average molecular weight is 299 g/mol. The maximum Gasteiger partial charge on any atom is 0.305 e. The molecule has 0 radical (unpaired) electrons. The first-order valence-corrected chi connectivity index (χ1v) is 6.73. The highest BCUT2D eigenvalue weighted by Gasteiger charge is 2.19. The van der Waals surface area contributed by atoms with Crippen molar-refractivity contribution in [3.05, 3.63) is 27.8 Å². The SMILES string of the molecule is COC(=O)CCCC(=O)c1c(OC)cc(C)c(Cl)c1C. The van der Waals surface area contributed by atoms with Gasteiger partial charge in [-0.2, -0.15) is 0 Å². The topological polar surface area (TPSA) is 52.6 Å². The Morgan fingerprint density at radius 1 is 1.20 bits per heavy atom. The van der Waals surface area contributed by atoms with Gasteiger partial charge in [0.05, 0.1) is 19.8 Å². The zero-order valence-corrected chi connectivity index (χ0v) is 13.0. The fraction of sp³-hybridized carbons (Fsp3) is 0.467. The van der Waals surface area contributed by atoms with Gasteiger partial charge in [0.2, 0.25) is 0 Å². The van der Waals surface area contributed by atoms with Gasteiger partial charge in [-0.15, -0.1) is 0 Å². The Morgan fingerprint density at radius 2 is 1.85 bits per heavy atom. The number of ketones is 1. The number of methoxy groups -OCH3 is 2. The van der Waals surface area contributed by atoms with E-state index in [1.54, 1.807) is 13.0 Å². The molecule has 0 aliphatic rings. The van der Waals surface area contributed by atoms with Crippen LogP contribution >= 0.6 is 11.6 Å². The van der Waals surface area contributed by atoms with Crippen LogP contribution in [0, 0.1) is 13.8 Å². The molecule has 1 aromatic carbocycles. The third-order valence-corrected chi connectivity index (χ3v) is 3.74. The second-order valence-electron chi connectivity index (χ2n) is 4.56. The van der Waals surface area contributed by atoms with E-state index in [0.29, 0.717) is 28.3 Å². The van der Waals surface area contributed by atoms with E-state index in [9.17, 15) is 9.59 Å². The summed E-state index contributed by atoms with van der Waals surface area (Å²) in [7, 11) is 2.85. The van der Waals surface area contributed by atoms with E-state index in [4.69, 9.17) is 16.3 Å². The predicted octanol–water partition coefficient (Wildman–Crippen LogP) is 3.49. The van der Waals surface area contributed by atoms with Crippen LogP contribution in [-0.4, -0.2) is 26.0 Å². The van der Waals surface area contributed by atoms with Gasteiger partial charge in [0.15, 0.2) is 5.78 Å². The molecule has 0 spiro atoms. The summed E-state index contributed by atoms with van der Waals surface area (Å²) < 4.78 is 9.81. The third kappa shape index (κ3) is 3.73. The zero-order chi connectivity index (χ0) is 15.3. The fourth-order valence-corrected chi connectivity index (χ4v) is 2.20. The minimum Gasteiger partial charge on any atom is -0.496 e. The van der Waals surface area contributed by atoms with Crippen LogP contribution in [0.3, 0.4) is 0 Å². The molecular formula is C15H19ClO4. The first kappa shape index (κ1) is 16.5. The number of benzene rings is 1. The molecule has 0 fully saturated rings. The van der Waals surface area contributed by atoms with Gasteiger partial charge >= 0.3 is 5.97 Å². The molecule has 5 heteroatoms. The molecule has 0 atom stereocenters. The smallest absolute Gasteiger partial charge is 0.305 e. The second kappa shape index (κ2) is 7.29. The molecule has 0 aliphatic heterocycles. The summed E-state index contributed by atoms with van der Waals surface area (Å²) in [4.78, 5) is 23.3. The second-order valence-corrected chi connectivity index (χ2v) is 4.94. The summed E-state index contributed by atoms with van der Waals surface area (Å²) in [6.07, 6.45) is 0.925. The molecule has 0 amide bonds. The standard InChI is InChI=1S/C15H19ClO4/c1-9-8-12(19-3)14(10(2)15(9)16)11(17)6-5-7-13(18)20-4/h8H,5-7H2,1-4H3. The number of halogens is 1. The molecule has 0 saturated carbocycles. The third-order valence-electron chi connectivity index (χ3n) is 3.16. The van der Waals surface area contributed by atoms with Gasteiger partial charge < -0.3 is 9.47 Å². The molecule has 0 aromatic heterocycles. The number of carbonyl (C=O) groups is 2. The number of rotatable bonds is 6. The molecule has 0 heterocycles. The van der Waals surface area contributed by atoms with Gasteiger partial charge in [0.1, 0.15) is 5.75 Å². The van der Waals surface area contributed by atoms with Gasteiger partial charge in [0, 0.05) is 17.9 Å². The highest BCUT2D eigenvalue weighted by Crippen LogP contribution is 2.32. The summed E-state index contributed by atoms with van der Waals surface area (Å²) in [6, 6.07) is 1.75. The summed E-state index contributed by atoms with van der Waals surface area (Å²) in [5.74, 6) is 0.126. The van der Waals surface area contributed by atoms with Crippen molar-refractivity contribution < 1.29 is 19.1 Å². The van der Waals surface area contributed by atoms with Crippen LogP contribution in [0.2, 0.25) is 5.02 Å². The number of carbonyl (C=O) groups excluding carboxylic acids is 2. The lowest BCUT2D eigenvalue weighted by Crippen LogP contribution is -2.08. The summed E-state index contributed by atoms with van der Waals surface area (Å²) in [5, 5.41) is 0.571. The number of hydrogen-bond acceptors (Lipinski definition) is 4. The molecule has 0 bridgehead atoms. The Kier molecular flexibility index (Phi) is 6.02. The maximum atomic E-state index is 12.3. The Bertz CT molecular complexity index is 523. The number of hydrogen-bond donors (Lipinski definition) is 0. The van der Waals surface area contributed by atoms with Crippen molar-refractivity contribution in [3.8, 4) is 5.75 Å². The van der Waals surface area contributed by atoms with Crippen LogP contribution in [-0.2, 0) is 9.53 Å². The molecule has 1 aromatic rings. The Labute approximate surface area is 124 Å². The van der Waals surface area contributed by atoms with Crippen LogP contribution in [0.1, 0.15) is 40.7 Å². The first-order chi connectivity index (χ1) is 9.42. The van der Waals surface area contributed by atoms with E-state index in [2.05, 4.69) is 4.74 Å². The monoisotopic (exact) mass is 298 g/mol. The Balaban J connectivity index is 2.92. The average Bonchev–Trinajstić information content (AvgIpc) is 2.43. The van der Waals surface area contributed by atoms with E-state index < -0.39 is 0 Å². The Morgan fingerprint density at radius 3 is 2.40 bits per heavy atom. The normalized spacial score (nSPS) is 10.2. The van der Waals surface area contributed by atoms with Crippen molar-refractivity contribution in [2.75, 3.05) is 14.2 Å². The number of esters is 1. The summed E-state index contributed by atoms with van der Waals surface area (Å²) >= 11 is 6.18. The fourth-order valence-electron chi connectivity index (χ4n) is 2.05. The number of Topliss-reactive ketones (excluding diaryl/α,β-unsaturated/α-hetero) is 1. The van der Waals surface area contributed by atoms with Crippen molar-refractivity contribution in [1.29, 1.82) is 0 Å². The highest BCUT2D eigenvalue weighted by atomic mass is 35.5. The molecule has 4 nitrogen and oxygen atoms in total. The van der Waals surface area contributed by atoms with Crippen molar-refractivity contribution in [3.63, 3.8) is 0 Å². The molecular weight excluding hydrogens is 280 g/mol. The van der Waals surface area contributed by atoms with Gasteiger partial charge in [0.25, 0.3) is 0 Å². The molecule has 0 saturated heterocycles. The zero-order valence-electron chi connectivity index (χ0n) is 12.2. The van der Waals surface area contributed by atoms with E-state index >= 15 is 0 Å². The summed E-state index contributed by atoms with van der Waals surface area (Å²) in [6.45, 7) is 3.66. The lowest BCUT2D eigenvalue weighted by molar-refractivity contribution is -0.140. The van der Waals surface area contributed by atoms with Crippen molar-refractivity contribution in [1.82, 2.24) is 0 Å². The largest absolute Gasteiger partial charge is 0.496 e. The van der Waals surface area contributed by atoms with Crippen LogP contribution in [0.15, 0.2) is 6.07 Å². The molecule has 20 heavy (non-hydrogen) atoms. The predicted molar refractivity (Wildman–Crippen MR) is 77.7 cm³/mol. The van der Waals surface area contributed by atoms with Crippen LogP contribution in [0.5, 0.6) is 5.75 Å². The number of aryl methyl sites for hydroxylation is 1. The lowest BCUT2D eigenvalue weighted by Gasteiger charge is -2.14. The van der Waals surface area contributed by atoms with E-state index in [1.807, 2.05) is 6.92 Å². The molecule has 1 rings (SSSR count). The minimum absolute atomic E-state index is 0.0786. The van der Waals surface area contributed by atoms with Gasteiger partial charge in [-0.05, 0) is 37.5 Å². The van der Waals surface area contributed by atoms with Crippen LogP contribution in [0.4, 0.5) is 0 Å². The van der Waals surface area contributed by atoms with Gasteiger partial charge in [-0.1, -0.05) is 11.6 Å². The molecule has 0 unspecified atom stereocenters. The van der Waals surface area contributed by atoms with Gasteiger partial charge in [-0.3, -0.25) is 9.59 Å². The molecule has 110 valence electrons. The molecule has 0 aliphatic carbocycles. The van der Waals surface area contributed by atoms with Crippen molar-refractivity contribution >= 4 is 23.4 Å². The first-order valence-electron chi connectivity index (χ1n) is 6.36. The van der Waals surface area contributed by atoms with E-state index in [0.717, 1.165) is 5.56 Å². The van der Waals surface area contributed by atoms with Crippen LogP contribution < -0.4 is 4.74 Å². The van der Waals surface area contributed by atoms with Gasteiger partial charge in [-0.25, -0.2) is 0 Å². The van der Waals surface area contributed by atoms with E-state index in [-0.39, 0.29) is 24.6 Å². The van der Waals surface area contributed by atoms with Crippen LogP contribution in [0.25, 0.3) is 0 Å². The maximum absolute atomic E-state index is 12.3. The van der Waals surface area contributed by atoms with Crippen molar-refractivity contribution in [2.45, 2.75) is 33.1 Å². The quantitative estimate of drug-likeness (QED) is 0.596. The minimum atomic E-state index is -0.316. The highest BCUT2D eigenvalue weighted by molar-refractivity contribution is 6.32.